The Hall–Kier alpha value is -2.02. The molecule has 0 N–H and O–H groups in total. The maximum Gasteiger partial charge on any atom is 0.410 e. The van der Waals surface area contributed by atoms with E-state index in [9.17, 15) is 4.79 Å². The van der Waals surface area contributed by atoms with E-state index in [1.807, 2.05) is 47.6 Å². The van der Waals surface area contributed by atoms with Crippen molar-refractivity contribution in [1.29, 1.82) is 0 Å². The Kier molecular flexibility index (Phi) is 7.30. The highest BCUT2D eigenvalue weighted by molar-refractivity contribution is 5.68. The SMILES string of the molecule is CCOC1CN(C(=O)OC(C)(C)C)CCC1Oc1ccc(OC(C)C)cn1. The van der Waals surface area contributed by atoms with Crippen LogP contribution in [0, 0.1) is 0 Å². The first-order valence-electron chi connectivity index (χ1n) is 9.57. The second-order valence-corrected chi connectivity index (χ2v) is 7.86. The lowest BCUT2D eigenvalue weighted by Gasteiger charge is -2.38. The number of likely N-dealkylation sites (tertiary alicyclic amines) is 1. The molecule has 2 heterocycles. The lowest BCUT2D eigenvalue weighted by molar-refractivity contribution is -0.0700. The fourth-order valence-corrected chi connectivity index (χ4v) is 2.83. The van der Waals surface area contributed by atoms with Gasteiger partial charge in [0.15, 0.2) is 0 Å². The quantitative estimate of drug-likeness (QED) is 0.750. The van der Waals surface area contributed by atoms with Crippen LogP contribution < -0.4 is 9.47 Å². The predicted octanol–water partition coefficient (Wildman–Crippen LogP) is 3.66. The number of carbonyl (C=O) groups excluding carboxylic acids is 1. The molecule has 0 radical (unpaired) electrons. The Morgan fingerprint density at radius 3 is 2.59 bits per heavy atom. The Morgan fingerprint density at radius 2 is 2.04 bits per heavy atom. The maximum atomic E-state index is 12.3. The number of nitrogens with zero attached hydrogens (tertiary/aromatic N) is 2. The third-order valence-corrected chi connectivity index (χ3v) is 3.88. The van der Waals surface area contributed by atoms with Crippen LogP contribution in [0.4, 0.5) is 4.79 Å². The number of ether oxygens (including phenoxy) is 4. The maximum absolute atomic E-state index is 12.3. The average molecular weight is 380 g/mol. The number of hydrogen-bond acceptors (Lipinski definition) is 6. The first-order valence-corrected chi connectivity index (χ1v) is 9.57. The minimum absolute atomic E-state index is 0.0954. The minimum atomic E-state index is -0.519. The number of carbonyl (C=O) groups is 1. The van der Waals surface area contributed by atoms with Gasteiger partial charge in [0.25, 0.3) is 0 Å². The smallest absolute Gasteiger partial charge is 0.410 e. The summed E-state index contributed by atoms with van der Waals surface area (Å²) >= 11 is 0. The molecule has 2 rings (SSSR count). The molecule has 1 saturated heterocycles. The molecule has 0 aliphatic carbocycles. The highest BCUT2D eigenvalue weighted by atomic mass is 16.6. The van der Waals surface area contributed by atoms with Gasteiger partial charge in [0.1, 0.15) is 23.6 Å². The summed E-state index contributed by atoms with van der Waals surface area (Å²) in [7, 11) is 0. The topological polar surface area (TPSA) is 70.1 Å². The molecule has 152 valence electrons. The van der Waals surface area contributed by atoms with E-state index < -0.39 is 5.60 Å². The third kappa shape index (κ3) is 6.90. The van der Waals surface area contributed by atoms with Crippen LogP contribution in [0.15, 0.2) is 18.3 Å². The molecule has 0 aromatic carbocycles. The van der Waals surface area contributed by atoms with Gasteiger partial charge in [-0.2, -0.15) is 0 Å². The number of rotatable bonds is 6. The molecule has 7 heteroatoms. The fraction of sp³-hybridized carbons (Fsp3) is 0.700. The van der Waals surface area contributed by atoms with Gasteiger partial charge < -0.3 is 23.8 Å². The summed E-state index contributed by atoms with van der Waals surface area (Å²) in [6.45, 7) is 13.0. The van der Waals surface area contributed by atoms with Crippen LogP contribution in [0.2, 0.25) is 0 Å². The normalized spacial score (nSPS) is 20.5. The van der Waals surface area contributed by atoms with E-state index in [0.29, 0.717) is 37.7 Å². The monoisotopic (exact) mass is 380 g/mol. The van der Waals surface area contributed by atoms with Crippen molar-refractivity contribution in [2.24, 2.45) is 0 Å². The Balaban J connectivity index is 1.98. The van der Waals surface area contributed by atoms with Crippen LogP contribution in [-0.2, 0) is 9.47 Å². The van der Waals surface area contributed by atoms with E-state index in [4.69, 9.17) is 18.9 Å². The van der Waals surface area contributed by atoms with Gasteiger partial charge >= 0.3 is 6.09 Å². The molecule has 1 aromatic rings. The molecule has 2 unspecified atom stereocenters. The van der Waals surface area contributed by atoms with Crippen molar-refractivity contribution in [2.45, 2.75) is 71.9 Å². The van der Waals surface area contributed by atoms with E-state index in [1.165, 1.54) is 0 Å². The molecular formula is C20H32N2O5. The average Bonchev–Trinajstić information content (AvgIpc) is 2.56. The molecule has 27 heavy (non-hydrogen) atoms. The van der Waals surface area contributed by atoms with Gasteiger partial charge in [0.2, 0.25) is 5.88 Å². The number of hydrogen-bond donors (Lipinski definition) is 0. The molecule has 1 aliphatic rings. The molecular weight excluding hydrogens is 348 g/mol. The van der Waals surface area contributed by atoms with Crippen LogP contribution in [0.25, 0.3) is 0 Å². The summed E-state index contributed by atoms with van der Waals surface area (Å²) in [5.74, 6) is 1.23. The molecule has 0 saturated carbocycles. The Labute approximate surface area is 161 Å². The van der Waals surface area contributed by atoms with Crippen LogP contribution in [0.1, 0.15) is 48.0 Å². The Morgan fingerprint density at radius 1 is 1.30 bits per heavy atom. The van der Waals surface area contributed by atoms with Crippen LogP contribution in [0.3, 0.4) is 0 Å². The minimum Gasteiger partial charge on any atom is -0.489 e. The van der Waals surface area contributed by atoms with E-state index in [1.54, 1.807) is 17.2 Å². The lowest BCUT2D eigenvalue weighted by atomic mass is 10.0. The fourth-order valence-electron chi connectivity index (χ4n) is 2.83. The summed E-state index contributed by atoms with van der Waals surface area (Å²) in [5, 5.41) is 0. The van der Waals surface area contributed by atoms with E-state index >= 15 is 0 Å². The van der Waals surface area contributed by atoms with Crippen LogP contribution in [0.5, 0.6) is 11.6 Å². The van der Waals surface area contributed by atoms with Crippen molar-refractivity contribution in [3.8, 4) is 11.6 Å². The van der Waals surface area contributed by atoms with Crippen LogP contribution in [-0.4, -0.2) is 59.6 Å². The van der Waals surface area contributed by atoms with Gasteiger partial charge in [-0.1, -0.05) is 0 Å². The first-order chi connectivity index (χ1) is 12.7. The van der Waals surface area contributed by atoms with Crippen molar-refractivity contribution >= 4 is 6.09 Å². The zero-order chi connectivity index (χ0) is 20.0. The largest absolute Gasteiger partial charge is 0.489 e. The standard InChI is InChI=1S/C20H32N2O5/c1-7-24-17-13-22(19(23)27-20(4,5)6)11-10-16(17)26-18-9-8-15(12-21-18)25-14(2)3/h8-9,12,14,16-17H,7,10-11,13H2,1-6H3. The second-order valence-electron chi connectivity index (χ2n) is 7.86. The van der Waals surface area contributed by atoms with Gasteiger partial charge in [0.05, 0.1) is 18.8 Å². The highest BCUT2D eigenvalue weighted by Gasteiger charge is 2.35. The lowest BCUT2D eigenvalue weighted by Crippen LogP contribution is -2.53. The van der Waals surface area contributed by atoms with Gasteiger partial charge in [0, 0.05) is 25.6 Å². The summed E-state index contributed by atoms with van der Waals surface area (Å²) in [6, 6.07) is 3.63. The van der Waals surface area contributed by atoms with Crippen molar-refractivity contribution in [3.63, 3.8) is 0 Å². The van der Waals surface area contributed by atoms with Crippen molar-refractivity contribution < 1.29 is 23.7 Å². The number of pyridine rings is 1. The molecule has 1 aromatic heterocycles. The molecule has 7 nitrogen and oxygen atoms in total. The predicted molar refractivity (Wildman–Crippen MR) is 102 cm³/mol. The zero-order valence-corrected chi connectivity index (χ0v) is 17.2. The second kappa shape index (κ2) is 9.26. The van der Waals surface area contributed by atoms with Crippen molar-refractivity contribution in [2.75, 3.05) is 19.7 Å². The Bertz CT molecular complexity index is 597. The molecule has 0 bridgehead atoms. The first kappa shape index (κ1) is 21.3. The van der Waals surface area contributed by atoms with Crippen molar-refractivity contribution in [3.05, 3.63) is 18.3 Å². The third-order valence-electron chi connectivity index (χ3n) is 3.88. The summed E-state index contributed by atoms with van der Waals surface area (Å²) in [5.41, 5.74) is -0.519. The van der Waals surface area contributed by atoms with Gasteiger partial charge in [-0.3, -0.25) is 0 Å². The summed E-state index contributed by atoms with van der Waals surface area (Å²) in [4.78, 5) is 18.3. The number of aromatic nitrogens is 1. The van der Waals surface area contributed by atoms with E-state index in [2.05, 4.69) is 4.98 Å². The molecule has 1 amide bonds. The number of piperidine rings is 1. The van der Waals surface area contributed by atoms with Crippen LogP contribution >= 0.6 is 0 Å². The summed E-state index contributed by atoms with van der Waals surface area (Å²) < 4.78 is 22.9. The van der Waals surface area contributed by atoms with Crippen molar-refractivity contribution in [1.82, 2.24) is 9.88 Å². The van der Waals surface area contributed by atoms with Gasteiger partial charge in [-0.05, 0) is 47.6 Å². The van der Waals surface area contributed by atoms with Gasteiger partial charge in [-0.25, -0.2) is 9.78 Å². The highest BCUT2D eigenvalue weighted by Crippen LogP contribution is 2.23. The molecule has 2 atom stereocenters. The number of amides is 1. The van der Waals surface area contributed by atoms with E-state index in [0.717, 1.165) is 0 Å². The molecule has 1 fully saturated rings. The van der Waals surface area contributed by atoms with E-state index in [-0.39, 0.29) is 24.4 Å². The van der Waals surface area contributed by atoms with Gasteiger partial charge in [-0.15, -0.1) is 0 Å². The molecule has 1 aliphatic heterocycles. The zero-order valence-electron chi connectivity index (χ0n) is 17.2. The molecule has 0 spiro atoms. The summed E-state index contributed by atoms with van der Waals surface area (Å²) in [6.07, 6.45) is 1.67.